The number of esters is 2. The van der Waals surface area contributed by atoms with E-state index in [1.807, 2.05) is 60.6 Å². The van der Waals surface area contributed by atoms with Gasteiger partial charge in [0.05, 0.1) is 142 Å². The Balaban J connectivity index is 0.000000225. The molecule has 21 nitrogen and oxygen atoms in total. The number of hydrogen-bond donors (Lipinski definition) is 2. The van der Waals surface area contributed by atoms with Crippen LogP contribution in [0.2, 0.25) is 15.1 Å². The van der Waals surface area contributed by atoms with E-state index in [1.54, 1.807) is 129 Å². The molecule has 9 aromatic rings. The van der Waals surface area contributed by atoms with Gasteiger partial charge < -0.3 is 71.8 Å². The fourth-order valence-electron chi connectivity index (χ4n) is 9.72. The minimum absolute atomic E-state index is 0. The first kappa shape index (κ1) is 69.7. The van der Waals surface area contributed by atoms with Crippen LogP contribution in [0.4, 0.5) is 17.1 Å². The number of halogens is 4. The number of anilines is 3. The normalized spacial score (nSPS) is 10.6. The van der Waals surface area contributed by atoms with Gasteiger partial charge in [-0.15, -0.1) is 0 Å². The highest BCUT2D eigenvalue weighted by molar-refractivity contribution is 14.1. The number of aliphatic carboxylic acids is 1. The highest BCUT2D eigenvalue weighted by Gasteiger charge is 2.24. The van der Waals surface area contributed by atoms with Crippen molar-refractivity contribution in [1.29, 1.82) is 0 Å². The Labute approximate surface area is 530 Å². The van der Waals surface area contributed by atoms with Gasteiger partial charge in [0, 0.05) is 76.6 Å². The number of hydrogen-bond acceptors (Lipinski definition) is 17. The summed E-state index contributed by atoms with van der Waals surface area (Å²) in [7, 11) is 20.1. The van der Waals surface area contributed by atoms with E-state index in [9.17, 15) is 33.9 Å². The molecule has 25 heteroatoms. The number of nitrogens with zero attached hydrogens (tertiary/aromatic N) is 5. The molecule has 3 aromatic heterocycles. The van der Waals surface area contributed by atoms with Crippen LogP contribution >= 0.6 is 57.4 Å². The monoisotopic (exact) mass is 1370 g/mol. The van der Waals surface area contributed by atoms with Gasteiger partial charge in [0.1, 0.15) is 13.1 Å². The predicted molar refractivity (Wildman–Crippen MR) is 357 cm³/mol. The first-order chi connectivity index (χ1) is 40.9. The zero-order valence-electron chi connectivity index (χ0n) is 49.9. The molecule has 3 heterocycles. The Kier molecular flexibility index (Phi) is 24.5. The number of nitrogens with one attached hydrogen (secondary N) is 1. The minimum atomic E-state index is -1.04. The molecule has 0 aliphatic heterocycles. The Hall–Kier alpha value is -8.06. The van der Waals surface area contributed by atoms with Crippen LogP contribution in [-0.2, 0) is 36.9 Å². The highest BCUT2D eigenvalue weighted by atomic mass is 127. The number of methoxy groups -OCH3 is 6. The third-order valence-electron chi connectivity index (χ3n) is 13.4. The van der Waals surface area contributed by atoms with Crippen molar-refractivity contribution in [1.82, 2.24) is 14.1 Å². The van der Waals surface area contributed by atoms with Gasteiger partial charge in [0.2, 0.25) is 0 Å². The van der Waals surface area contributed by atoms with Crippen LogP contribution in [0.25, 0.3) is 65.4 Å². The maximum Gasteiger partial charge on any atom is 0.325 e. The SMILES string of the molecule is C.CCOC(=O)CI.CCOC(=O)Cn1c2cc(OC)c(OC)cc2c(=O)c2ccc(Cl)c(N(C)C)c21.COc1cc2[nH]c3c(N(C)C)c(Cl)ccc3c(=O)c2cc1OC.COc1cc2c(=O)c3ccc(Cl)c(N(C)C)c3n(CC(=O)O)c2cc1OC. The van der Waals surface area contributed by atoms with E-state index in [2.05, 4.69) is 9.72 Å². The lowest BCUT2D eigenvalue weighted by atomic mass is 10.1. The Morgan fingerprint density at radius 2 is 0.839 bits per heavy atom. The molecule has 0 saturated heterocycles. The summed E-state index contributed by atoms with van der Waals surface area (Å²) in [5.41, 5.74) is 4.84. The summed E-state index contributed by atoms with van der Waals surface area (Å²) in [5, 5.41) is 13.7. The van der Waals surface area contributed by atoms with Gasteiger partial charge in [-0.25, -0.2) is 0 Å². The average Bonchev–Trinajstić information content (AvgIpc) is 0.794. The highest BCUT2D eigenvalue weighted by Crippen LogP contribution is 2.40. The van der Waals surface area contributed by atoms with Gasteiger partial charge in [-0.2, -0.15) is 0 Å². The second-order valence-corrected chi connectivity index (χ2v) is 21.2. The van der Waals surface area contributed by atoms with Crippen LogP contribution in [0.1, 0.15) is 21.3 Å². The molecule has 87 heavy (non-hydrogen) atoms. The van der Waals surface area contributed by atoms with Crippen molar-refractivity contribution in [2.45, 2.75) is 34.4 Å². The van der Waals surface area contributed by atoms with E-state index < -0.39 is 11.9 Å². The number of rotatable bonds is 16. The second kappa shape index (κ2) is 30.5. The quantitative estimate of drug-likeness (QED) is 0.0396. The molecule has 0 bridgehead atoms. The molecular formula is C62H70Cl3IN6O15. The molecule has 0 atom stereocenters. The number of pyridine rings is 3. The third kappa shape index (κ3) is 14.7. The maximum absolute atomic E-state index is 13.3. The van der Waals surface area contributed by atoms with E-state index in [0.717, 1.165) is 5.69 Å². The maximum atomic E-state index is 13.3. The number of fused-ring (bicyclic) bond motifs is 6. The van der Waals surface area contributed by atoms with E-state index >= 15 is 0 Å². The third-order valence-corrected chi connectivity index (χ3v) is 14.9. The summed E-state index contributed by atoms with van der Waals surface area (Å²) in [6, 6.07) is 20.0. The van der Waals surface area contributed by atoms with Crippen LogP contribution in [0.3, 0.4) is 0 Å². The Morgan fingerprint density at radius 3 is 1.21 bits per heavy atom. The molecule has 0 radical (unpaired) electrons. The van der Waals surface area contributed by atoms with Gasteiger partial charge >= 0.3 is 17.9 Å². The molecule has 0 amide bonds. The number of carbonyl (C=O) groups excluding carboxylic acids is 2. The number of aromatic amines is 1. The predicted octanol–water partition coefficient (Wildman–Crippen LogP) is 11.5. The summed E-state index contributed by atoms with van der Waals surface area (Å²) in [6.07, 6.45) is 0. The zero-order chi connectivity index (χ0) is 63.6. The van der Waals surface area contributed by atoms with Crippen LogP contribution < -0.4 is 59.4 Å². The van der Waals surface area contributed by atoms with Crippen LogP contribution in [0.15, 0.2) is 87.2 Å². The molecule has 2 N–H and O–H groups in total. The van der Waals surface area contributed by atoms with Gasteiger partial charge in [0.15, 0.2) is 50.8 Å². The molecule has 0 unspecified atom stereocenters. The molecule has 0 aliphatic rings. The number of carbonyl (C=O) groups is 3. The topological polar surface area (TPSA) is 232 Å². The van der Waals surface area contributed by atoms with Gasteiger partial charge in [0.25, 0.3) is 0 Å². The fraction of sp³-hybridized carbons (Fsp3) is 0.323. The summed E-state index contributed by atoms with van der Waals surface area (Å²) in [4.78, 5) is 82.3. The second-order valence-electron chi connectivity index (χ2n) is 19.2. The van der Waals surface area contributed by atoms with Crippen molar-refractivity contribution in [3.05, 3.63) is 119 Å². The van der Waals surface area contributed by atoms with Gasteiger partial charge in [-0.05, 0) is 68.4 Å². The number of carboxylic acids is 1. The van der Waals surface area contributed by atoms with Crippen LogP contribution in [0, 0.1) is 0 Å². The standard InChI is InChI=1S/C21H23ClN2O5.C19H19ClN2O5.C17H17ClN2O3.C4H7IO2.CH4/c1-6-29-18(25)11-24-15-10-17(28-5)16(27-4)9-13(15)21(26)12-7-8-14(22)20(19(12)24)23(2)3;1-21(2)18-12(20)6-5-10-17(18)22(9-16(23)24)13-8-15(27-4)14(26-3)7-11(13)19(10)25;1-20(2)16-11(18)6-5-9-15(16)19-12-8-14(23-4)13(22-3)7-10(12)17(9)21;1-2-7-4(6)3-5;/h7-10H,6,11H2,1-5H3;5-8H,9H2,1-4H3,(H,23,24);5-8H,1-4H3,(H,19,21);2-3H2,1H3;1H4. The smallest absolute Gasteiger partial charge is 0.325 e. The van der Waals surface area contributed by atoms with Crippen molar-refractivity contribution >= 4 is 158 Å². The largest absolute Gasteiger partial charge is 0.493 e. The van der Waals surface area contributed by atoms with Crippen LogP contribution in [-0.4, -0.2) is 140 Å². The molecule has 0 aliphatic carbocycles. The number of ether oxygens (including phenoxy) is 8. The number of alkyl halides is 1. The molecular weight excluding hydrogens is 1300 g/mol. The lowest BCUT2D eigenvalue weighted by Gasteiger charge is -2.22. The minimum Gasteiger partial charge on any atom is -0.493 e. The van der Waals surface area contributed by atoms with Gasteiger partial charge in [-0.3, -0.25) is 28.8 Å². The van der Waals surface area contributed by atoms with Crippen LogP contribution in [0.5, 0.6) is 34.5 Å². The van der Waals surface area contributed by atoms with Crippen molar-refractivity contribution in [3.63, 3.8) is 0 Å². The fourth-order valence-corrected chi connectivity index (χ4v) is 10.9. The van der Waals surface area contributed by atoms with Gasteiger partial charge in [-0.1, -0.05) is 64.8 Å². The molecule has 466 valence electrons. The molecule has 0 saturated carbocycles. The molecule has 0 spiro atoms. The average molecular weight is 1370 g/mol. The van der Waals surface area contributed by atoms with E-state index in [4.69, 9.17) is 68.0 Å². The summed E-state index contributed by atoms with van der Waals surface area (Å²) < 4.78 is 45.5. The van der Waals surface area contributed by atoms with Crippen molar-refractivity contribution in [2.24, 2.45) is 0 Å². The van der Waals surface area contributed by atoms with Crippen molar-refractivity contribution in [3.8, 4) is 34.5 Å². The number of H-pyrrole nitrogens is 1. The number of benzene rings is 6. The summed E-state index contributed by atoms with van der Waals surface area (Å²) in [6.45, 7) is 3.86. The first-order valence-corrected chi connectivity index (χ1v) is 28.9. The van der Waals surface area contributed by atoms with E-state index in [0.29, 0.717) is 137 Å². The van der Waals surface area contributed by atoms with Crippen molar-refractivity contribution in [2.75, 3.05) is 117 Å². The summed E-state index contributed by atoms with van der Waals surface area (Å²) in [5.74, 6) is 1.16. The summed E-state index contributed by atoms with van der Waals surface area (Å²) >= 11 is 21.1. The number of aromatic nitrogens is 3. The Morgan fingerprint density at radius 1 is 0.494 bits per heavy atom. The van der Waals surface area contributed by atoms with E-state index in [-0.39, 0.29) is 49.4 Å². The van der Waals surface area contributed by atoms with E-state index in [1.165, 1.54) is 28.4 Å². The first-order valence-electron chi connectivity index (χ1n) is 26.2. The number of carboxylic acid groups (broad SMARTS) is 1. The zero-order valence-corrected chi connectivity index (χ0v) is 54.3. The lowest BCUT2D eigenvalue weighted by molar-refractivity contribution is -0.143. The lowest BCUT2D eigenvalue weighted by Crippen LogP contribution is -2.21. The molecule has 9 rings (SSSR count). The van der Waals surface area contributed by atoms with Crippen molar-refractivity contribution < 1.29 is 57.4 Å². The Bertz CT molecular complexity index is 4250. The molecule has 6 aromatic carbocycles. The molecule has 0 fully saturated rings.